The first-order valence-electron chi connectivity index (χ1n) is 6.34. The topological polar surface area (TPSA) is 12.0 Å². The van der Waals surface area contributed by atoms with Gasteiger partial charge in [0.2, 0.25) is 0 Å². The van der Waals surface area contributed by atoms with Crippen LogP contribution >= 0.6 is 0 Å². The monoisotopic (exact) mass is 199 g/mol. The van der Waals surface area contributed by atoms with Crippen LogP contribution in [0.25, 0.3) is 0 Å². The van der Waals surface area contributed by atoms with Crippen LogP contribution in [0.1, 0.15) is 61.2 Å². The van der Waals surface area contributed by atoms with E-state index in [1.807, 2.05) is 0 Å². The minimum atomic E-state index is 0. The Labute approximate surface area is 91.1 Å². The van der Waals surface area contributed by atoms with Crippen molar-refractivity contribution in [2.75, 3.05) is 0 Å². The van der Waals surface area contributed by atoms with Crippen molar-refractivity contribution in [3.63, 3.8) is 0 Å². The Bertz CT molecular complexity index is 131. The maximum Gasteiger partial charge on any atom is 0.00696 e. The van der Waals surface area contributed by atoms with E-state index in [2.05, 4.69) is 33.0 Å². The molecule has 0 atom stereocenters. The molecule has 0 radical (unpaired) electrons. The quantitative estimate of drug-likeness (QED) is 0.725. The molecular weight excluding hydrogens is 170 g/mol. The molecule has 1 heteroatoms. The van der Waals surface area contributed by atoms with Crippen molar-refractivity contribution in [1.29, 1.82) is 0 Å². The van der Waals surface area contributed by atoms with E-state index in [0.717, 1.165) is 17.9 Å². The molecule has 0 bridgehead atoms. The van der Waals surface area contributed by atoms with Gasteiger partial charge in [0.05, 0.1) is 0 Å². The SMILES string of the molecule is CC(C)CC1CCC(NC(C)C)CC1.[HH]. The van der Waals surface area contributed by atoms with Crippen molar-refractivity contribution in [3.8, 4) is 0 Å². The Hall–Kier alpha value is -0.0400. The molecule has 14 heavy (non-hydrogen) atoms. The summed E-state index contributed by atoms with van der Waals surface area (Å²) in [5, 5.41) is 3.66. The smallest absolute Gasteiger partial charge is 0.00696 e. The van der Waals surface area contributed by atoms with Gasteiger partial charge >= 0.3 is 0 Å². The van der Waals surface area contributed by atoms with Gasteiger partial charge in [0.15, 0.2) is 0 Å². The van der Waals surface area contributed by atoms with Gasteiger partial charge in [-0.15, -0.1) is 0 Å². The van der Waals surface area contributed by atoms with E-state index in [9.17, 15) is 0 Å². The fraction of sp³-hybridized carbons (Fsp3) is 1.00. The molecule has 0 aromatic carbocycles. The molecule has 0 aromatic heterocycles. The molecule has 0 heterocycles. The third kappa shape index (κ3) is 4.45. The molecule has 1 rings (SSSR count). The summed E-state index contributed by atoms with van der Waals surface area (Å²) in [7, 11) is 0. The summed E-state index contributed by atoms with van der Waals surface area (Å²) in [6.07, 6.45) is 7.13. The molecule has 0 aliphatic heterocycles. The molecule has 1 aliphatic carbocycles. The van der Waals surface area contributed by atoms with E-state index in [4.69, 9.17) is 0 Å². The first-order chi connectivity index (χ1) is 6.58. The van der Waals surface area contributed by atoms with E-state index in [0.29, 0.717) is 6.04 Å². The molecule has 1 N–H and O–H groups in total. The molecule has 0 unspecified atom stereocenters. The minimum absolute atomic E-state index is 0. The van der Waals surface area contributed by atoms with Gasteiger partial charge in [-0.25, -0.2) is 0 Å². The van der Waals surface area contributed by atoms with Gasteiger partial charge in [0, 0.05) is 13.5 Å². The van der Waals surface area contributed by atoms with Crippen molar-refractivity contribution < 1.29 is 1.43 Å². The molecule has 86 valence electrons. The highest BCUT2D eigenvalue weighted by atomic mass is 14.9. The van der Waals surface area contributed by atoms with E-state index in [1.165, 1.54) is 32.1 Å². The van der Waals surface area contributed by atoms with Crippen molar-refractivity contribution >= 4 is 0 Å². The zero-order valence-corrected chi connectivity index (χ0v) is 10.3. The number of rotatable bonds is 4. The molecule has 0 aromatic rings. The zero-order valence-electron chi connectivity index (χ0n) is 10.3. The second-order valence-electron chi connectivity index (χ2n) is 5.67. The van der Waals surface area contributed by atoms with E-state index in [-0.39, 0.29) is 1.43 Å². The number of nitrogens with one attached hydrogen (secondary N) is 1. The average molecular weight is 199 g/mol. The lowest BCUT2D eigenvalue weighted by atomic mass is 9.81. The lowest BCUT2D eigenvalue weighted by Crippen LogP contribution is -2.37. The average Bonchev–Trinajstić information content (AvgIpc) is 2.06. The van der Waals surface area contributed by atoms with Gasteiger partial charge in [0.1, 0.15) is 0 Å². The molecule has 1 aliphatic rings. The van der Waals surface area contributed by atoms with Crippen LogP contribution in [0.4, 0.5) is 0 Å². The van der Waals surface area contributed by atoms with Crippen LogP contribution in [0.15, 0.2) is 0 Å². The highest BCUT2D eigenvalue weighted by Crippen LogP contribution is 2.29. The first-order valence-corrected chi connectivity index (χ1v) is 6.34. The predicted molar refractivity (Wildman–Crippen MR) is 65.6 cm³/mol. The molecular formula is C13H29N. The van der Waals surface area contributed by atoms with Gasteiger partial charge in [0.25, 0.3) is 0 Å². The second kappa shape index (κ2) is 5.75. The van der Waals surface area contributed by atoms with Crippen LogP contribution in [0.2, 0.25) is 0 Å². The molecule has 0 amide bonds. The zero-order chi connectivity index (χ0) is 10.6. The van der Waals surface area contributed by atoms with Crippen molar-refractivity contribution in [1.82, 2.24) is 5.32 Å². The van der Waals surface area contributed by atoms with Gasteiger partial charge in [-0.3, -0.25) is 0 Å². The van der Waals surface area contributed by atoms with Crippen molar-refractivity contribution in [2.24, 2.45) is 11.8 Å². The third-order valence-electron chi connectivity index (χ3n) is 3.22. The number of hydrogen-bond donors (Lipinski definition) is 1. The highest BCUT2D eigenvalue weighted by Gasteiger charge is 2.21. The van der Waals surface area contributed by atoms with Crippen LogP contribution in [0.5, 0.6) is 0 Å². The lowest BCUT2D eigenvalue weighted by molar-refractivity contribution is 0.252. The summed E-state index contributed by atoms with van der Waals surface area (Å²) in [5.41, 5.74) is 0. The fourth-order valence-electron chi connectivity index (χ4n) is 2.70. The second-order valence-corrected chi connectivity index (χ2v) is 5.67. The van der Waals surface area contributed by atoms with Crippen LogP contribution in [0.3, 0.4) is 0 Å². The van der Waals surface area contributed by atoms with E-state index in [1.54, 1.807) is 0 Å². The first kappa shape index (κ1) is 12.0. The maximum atomic E-state index is 3.66. The van der Waals surface area contributed by atoms with E-state index < -0.39 is 0 Å². The molecule has 0 saturated heterocycles. The molecule has 1 nitrogen and oxygen atoms in total. The third-order valence-corrected chi connectivity index (χ3v) is 3.22. The largest absolute Gasteiger partial charge is 0.312 e. The Balaban J connectivity index is 0.00000196. The summed E-state index contributed by atoms with van der Waals surface area (Å²) in [5.74, 6) is 1.90. The maximum absolute atomic E-state index is 3.66. The van der Waals surface area contributed by atoms with Crippen LogP contribution in [-0.2, 0) is 0 Å². The van der Waals surface area contributed by atoms with E-state index >= 15 is 0 Å². The standard InChI is InChI=1S/C13H27N.H2/c1-10(2)9-12-5-7-13(8-6-12)14-11(3)4;/h10-14H,5-9H2,1-4H3;1H. The van der Waals surface area contributed by atoms with Crippen LogP contribution in [0, 0.1) is 11.8 Å². The Morgan fingerprint density at radius 2 is 1.64 bits per heavy atom. The van der Waals surface area contributed by atoms with Crippen LogP contribution in [-0.4, -0.2) is 12.1 Å². The van der Waals surface area contributed by atoms with Gasteiger partial charge in [-0.2, -0.15) is 0 Å². The molecule has 1 saturated carbocycles. The molecule has 1 fully saturated rings. The summed E-state index contributed by atoms with van der Waals surface area (Å²) in [6, 6.07) is 1.46. The minimum Gasteiger partial charge on any atom is -0.312 e. The Morgan fingerprint density at radius 3 is 2.07 bits per heavy atom. The van der Waals surface area contributed by atoms with Gasteiger partial charge < -0.3 is 5.32 Å². The summed E-state index contributed by atoms with van der Waals surface area (Å²) >= 11 is 0. The summed E-state index contributed by atoms with van der Waals surface area (Å²) in [6.45, 7) is 9.19. The summed E-state index contributed by atoms with van der Waals surface area (Å²) < 4.78 is 0. The highest BCUT2D eigenvalue weighted by molar-refractivity contribution is 4.78. The summed E-state index contributed by atoms with van der Waals surface area (Å²) in [4.78, 5) is 0. The van der Waals surface area contributed by atoms with Gasteiger partial charge in [-0.1, -0.05) is 27.7 Å². The fourth-order valence-corrected chi connectivity index (χ4v) is 2.70. The normalized spacial score (nSPS) is 28.7. The predicted octanol–water partition coefficient (Wildman–Crippen LogP) is 3.84. The Kier molecular flexibility index (Phi) is 4.94. The Morgan fingerprint density at radius 1 is 1.07 bits per heavy atom. The number of hydrogen-bond acceptors (Lipinski definition) is 1. The van der Waals surface area contributed by atoms with Crippen molar-refractivity contribution in [3.05, 3.63) is 0 Å². The van der Waals surface area contributed by atoms with Crippen LogP contribution < -0.4 is 5.32 Å². The van der Waals surface area contributed by atoms with Crippen molar-refractivity contribution in [2.45, 2.75) is 71.9 Å². The van der Waals surface area contributed by atoms with Gasteiger partial charge in [-0.05, 0) is 43.9 Å². The lowest BCUT2D eigenvalue weighted by Gasteiger charge is -2.31. The molecule has 0 spiro atoms.